The van der Waals surface area contributed by atoms with Gasteiger partial charge in [-0.05, 0) is 6.07 Å². The predicted octanol–water partition coefficient (Wildman–Crippen LogP) is 5.35. The van der Waals surface area contributed by atoms with Gasteiger partial charge in [0, 0.05) is 23.3 Å². The van der Waals surface area contributed by atoms with Crippen molar-refractivity contribution >= 4 is 38.6 Å². The minimum absolute atomic E-state index is 0.0913. The molecule has 0 aliphatic carbocycles. The second kappa shape index (κ2) is 10.3. The normalized spacial score (nSPS) is 11.7. The molecule has 30 heavy (non-hydrogen) atoms. The summed E-state index contributed by atoms with van der Waals surface area (Å²) in [6.45, 7) is 0. The van der Waals surface area contributed by atoms with Gasteiger partial charge in [-0.3, -0.25) is 0 Å². The molecule has 0 bridgehead atoms. The summed E-state index contributed by atoms with van der Waals surface area (Å²) in [6, 6.07) is 18.1. The lowest BCUT2D eigenvalue weighted by Crippen LogP contribution is -2.05. The second-order valence-electron chi connectivity index (χ2n) is 5.87. The fourth-order valence-corrected chi connectivity index (χ4v) is 2.58. The molecule has 4 nitrogen and oxygen atoms in total. The number of hydrogen-bond donors (Lipinski definition) is 0. The van der Waals surface area contributed by atoms with Crippen molar-refractivity contribution in [3.63, 3.8) is 0 Å². The molecule has 0 spiro atoms. The lowest BCUT2D eigenvalue weighted by atomic mass is 10.1. The third-order valence-electron chi connectivity index (χ3n) is 3.82. The Bertz CT molecular complexity index is 941. The molecule has 10 heteroatoms. The van der Waals surface area contributed by atoms with Crippen LogP contribution in [0.25, 0.3) is 23.7 Å². The van der Waals surface area contributed by atoms with E-state index in [1.165, 1.54) is 24.5 Å². The van der Waals surface area contributed by atoms with Crippen LogP contribution in [0.3, 0.4) is 0 Å². The fourth-order valence-electron chi connectivity index (χ4n) is 2.58. The van der Waals surface area contributed by atoms with Crippen LogP contribution in [0.5, 0.6) is 0 Å². The molecule has 0 radical (unpaired) electrons. The summed E-state index contributed by atoms with van der Waals surface area (Å²) in [6.07, 6.45) is 3.82. The predicted molar refractivity (Wildman–Crippen MR) is 109 cm³/mol. The Morgan fingerprint density at radius 3 is 1.43 bits per heavy atom. The summed E-state index contributed by atoms with van der Waals surface area (Å²) < 4.78 is 60.6. The van der Waals surface area contributed by atoms with Crippen LogP contribution in [0, 0.1) is 0 Å². The van der Waals surface area contributed by atoms with Gasteiger partial charge in [-0.1, -0.05) is 60.7 Å². The lowest BCUT2D eigenvalue weighted by Gasteiger charge is -2.10. The zero-order valence-corrected chi connectivity index (χ0v) is 15.5. The SMILES string of the molecule is FB(F)O/C(=C\c1cc(/C=C(/OB(F)F)c2ccccc2)ncn1)c1ccccc1. The van der Waals surface area contributed by atoms with E-state index in [1.807, 2.05) is 0 Å². The van der Waals surface area contributed by atoms with E-state index in [4.69, 9.17) is 0 Å². The zero-order valence-electron chi connectivity index (χ0n) is 15.5. The Labute approximate surface area is 171 Å². The topological polar surface area (TPSA) is 44.2 Å². The molecule has 0 atom stereocenters. The molecule has 0 amide bonds. The van der Waals surface area contributed by atoms with E-state index in [9.17, 15) is 17.3 Å². The van der Waals surface area contributed by atoms with Crippen molar-refractivity contribution in [2.75, 3.05) is 0 Å². The first-order chi connectivity index (χ1) is 14.5. The van der Waals surface area contributed by atoms with Crippen LogP contribution in [0.1, 0.15) is 22.5 Å². The van der Waals surface area contributed by atoms with E-state index >= 15 is 0 Å². The summed E-state index contributed by atoms with van der Waals surface area (Å²) in [4.78, 5) is 8.04. The summed E-state index contributed by atoms with van der Waals surface area (Å²) >= 11 is 0. The van der Waals surface area contributed by atoms with Crippen LogP contribution < -0.4 is 0 Å². The van der Waals surface area contributed by atoms with Crippen LogP contribution in [-0.4, -0.2) is 24.9 Å². The molecular weight excluding hydrogens is 398 g/mol. The number of aromatic nitrogens is 2. The highest BCUT2D eigenvalue weighted by molar-refractivity contribution is 6.36. The van der Waals surface area contributed by atoms with Crippen molar-refractivity contribution in [3.05, 3.63) is 95.6 Å². The third-order valence-corrected chi connectivity index (χ3v) is 3.82. The van der Waals surface area contributed by atoms with Gasteiger partial charge in [-0.25, -0.2) is 27.2 Å². The fraction of sp³-hybridized carbons (Fsp3) is 0. The Morgan fingerprint density at radius 2 is 1.07 bits per heavy atom. The molecule has 0 unspecified atom stereocenters. The molecule has 2 aromatic carbocycles. The van der Waals surface area contributed by atoms with Crippen LogP contribution in [0.15, 0.2) is 73.1 Å². The van der Waals surface area contributed by atoms with Gasteiger partial charge >= 0.3 is 14.9 Å². The molecule has 1 heterocycles. The maximum atomic E-state index is 12.8. The molecule has 1 aromatic heterocycles. The van der Waals surface area contributed by atoms with E-state index in [0.717, 1.165) is 0 Å². The summed E-state index contributed by atoms with van der Waals surface area (Å²) in [7, 11) is -6.05. The minimum atomic E-state index is -3.03. The average Bonchev–Trinajstić information content (AvgIpc) is 2.74. The van der Waals surface area contributed by atoms with Gasteiger partial charge in [0.15, 0.2) is 0 Å². The number of benzene rings is 2. The van der Waals surface area contributed by atoms with Gasteiger partial charge in [0.2, 0.25) is 0 Å². The van der Waals surface area contributed by atoms with Crippen LogP contribution in [0.4, 0.5) is 17.3 Å². The molecular formula is C20H14B2F4N2O2. The smallest absolute Gasteiger partial charge is 0.505 e. The van der Waals surface area contributed by atoms with Crippen molar-refractivity contribution in [1.82, 2.24) is 9.97 Å². The Kier molecular flexibility index (Phi) is 7.26. The standard InChI is InChI=1S/C20H14B2F4N2O2/c23-21(24)29-19(15-7-3-1-4-8-15)12-17-11-18(28-14-27-17)13-20(30-22(25)26)16-9-5-2-6-10-16/h1-14H/b19-12-,20-13+. The van der Waals surface area contributed by atoms with Crippen molar-refractivity contribution in [1.29, 1.82) is 0 Å². The van der Waals surface area contributed by atoms with E-state index in [2.05, 4.69) is 19.3 Å². The number of rotatable bonds is 8. The highest BCUT2D eigenvalue weighted by atomic mass is 19.2. The summed E-state index contributed by atoms with van der Waals surface area (Å²) in [5, 5.41) is 0. The molecule has 150 valence electrons. The van der Waals surface area contributed by atoms with Crippen LogP contribution in [-0.2, 0) is 9.31 Å². The Balaban J connectivity index is 1.97. The number of halogens is 4. The largest absolute Gasteiger partial charge is 0.796 e. The van der Waals surface area contributed by atoms with E-state index in [0.29, 0.717) is 11.1 Å². The van der Waals surface area contributed by atoms with Gasteiger partial charge in [0.1, 0.15) is 17.8 Å². The van der Waals surface area contributed by atoms with Crippen LogP contribution in [0.2, 0.25) is 0 Å². The maximum absolute atomic E-state index is 12.8. The molecule has 0 aliphatic heterocycles. The van der Waals surface area contributed by atoms with E-state index < -0.39 is 14.9 Å². The average molecular weight is 412 g/mol. The maximum Gasteiger partial charge on any atom is 0.796 e. The van der Waals surface area contributed by atoms with Crippen LogP contribution >= 0.6 is 0 Å². The van der Waals surface area contributed by atoms with Crippen molar-refractivity contribution in [2.45, 2.75) is 0 Å². The number of hydrogen-bond acceptors (Lipinski definition) is 4. The molecule has 0 saturated heterocycles. The zero-order chi connectivity index (χ0) is 21.3. The second-order valence-corrected chi connectivity index (χ2v) is 5.87. The van der Waals surface area contributed by atoms with E-state index in [-0.39, 0.29) is 22.9 Å². The first-order valence-corrected chi connectivity index (χ1v) is 8.77. The summed E-state index contributed by atoms with van der Waals surface area (Å²) in [5.74, 6) is -0.183. The van der Waals surface area contributed by atoms with E-state index in [1.54, 1.807) is 60.7 Å². The minimum Gasteiger partial charge on any atom is -0.505 e. The van der Waals surface area contributed by atoms with Gasteiger partial charge in [-0.15, -0.1) is 0 Å². The Morgan fingerprint density at radius 1 is 0.667 bits per heavy atom. The molecule has 0 aliphatic rings. The molecule has 3 rings (SSSR count). The van der Waals surface area contributed by atoms with Crippen molar-refractivity contribution in [3.8, 4) is 0 Å². The van der Waals surface area contributed by atoms with Gasteiger partial charge in [0.25, 0.3) is 0 Å². The lowest BCUT2D eigenvalue weighted by molar-refractivity contribution is 0.397. The third kappa shape index (κ3) is 6.23. The molecule has 3 aromatic rings. The van der Waals surface area contributed by atoms with Gasteiger partial charge < -0.3 is 9.31 Å². The Hall–Kier alpha value is -3.55. The van der Waals surface area contributed by atoms with Crippen molar-refractivity contribution < 1.29 is 26.6 Å². The van der Waals surface area contributed by atoms with Gasteiger partial charge in [-0.2, -0.15) is 0 Å². The molecule has 0 N–H and O–H groups in total. The molecule has 0 saturated carbocycles. The van der Waals surface area contributed by atoms with Gasteiger partial charge in [0.05, 0.1) is 11.4 Å². The van der Waals surface area contributed by atoms with Crippen molar-refractivity contribution in [2.24, 2.45) is 0 Å². The number of nitrogens with zero attached hydrogens (tertiary/aromatic N) is 2. The molecule has 0 fully saturated rings. The highest BCUT2D eigenvalue weighted by Gasteiger charge is 2.21. The highest BCUT2D eigenvalue weighted by Crippen LogP contribution is 2.23. The first kappa shape index (κ1) is 21.2. The quantitative estimate of drug-likeness (QED) is 0.284. The first-order valence-electron chi connectivity index (χ1n) is 8.77. The summed E-state index contributed by atoms with van der Waals surface area (Å²) in [5.41, 5.74) is 1.36. The monoisotopic (exact) mass is 412 g/mol.